The number of carbonyl (C=O) groups excluding carboxylic acids is 1. The van der Waals surface area contributed by atoms with Crippen LogP contribution in [0.2, 0.25) is 0 Å². The van der Waals surface area contributed by atoms with Gasteiger partial charge >= 0.3 is 0 Å². The molecule has 1 aliphatic heterocycles. The Labute approximate surface area is 146 Å². The number of fused-ring (bicyclic) bond motifs is 2. The minimum absolute atomic E-state index is 0.0650. The topological polar surface area (TPSA) is 51.5 Å². The van der Waals surface area contributed by atoms with Crippen LogP contribution in [0.15, 0.2) is 65.1 Å². The Morgan fingerprint density at radius 3 is 2.12 bits per heavy atom. The summed E-state index contributed by atoms with van der Waals surface area (Å²) in [5, 5.41) is 3.07. The van der Waals surface area contributed by atoms with Gasteiger partial charge in [-0.1, -0.05) is 36.4 Å². The Hall–Kier alpha value is -3.01. The molecule has 0 saturated carbocycles. The molecule has 2 aromatic carbocycles. The highest BCUT2D eigenvalue weighted by atomic mass is 16.5. The number of rotatable bonds is 3. The number of ether oxygens (including phenoxy) is 1. The van der Waals surface area contributed by atoms with Gasteiger partial charge < -0.3 is 14.5 Å². The van der Waals surface area contributed by atoms with E-state index in [1.165, 1.54) is 0 Å². The van der Waals surface area contributed by atoms with Crippen molar-refractivity contribution in [2.75, 3.05) is 0 Å². The van der Waals surface area contributed by atoms with Crippen molar-refractivity contribution in [2.24, 2.45) is 0 Å². The first-order valence-electron chi connectivity index (χ1n) is 8.36. The fraction of sp³-hybridized carbons (Fsp3) is 0.190. The molecule has 3 aromatic rings. The van der Waals surface area contributed by atoms with Crippen molar-refractivity contribution in [1.82, 2.24) is 5.32 Å². The predicted octanol–water partition coefficient (Wildman–Crippen LogP) is 4.70. The zero-order valence-electron chi connectivity index (χ0n) is 14.2. The number of benzene rings is 2. The summed E-state index contributed by atoms with van der Waals surface area (Å²) in [6.45, 7) is 3.82. The Morgan fingerprint density at radius 2 is 1.56 bits per heavy atom. The third kappa shape index (κ3) is 2.80. The fourth-order valence-corrected chi connectivity index (χ4v) is 3.25. The number of amides is 1. The summed E-state index contributed by atoms with van der Waals surface area (Å²) in [6, 6.07) is 18.9. The van der Waals surface area contributed by atoms with Gasteiger partial charge in [0.2, 0.25) is 5.91 Å². The largest absolute Gasteiger partial charge is 0.464 e. The van der Waals surface area contributed by atoms with Crippen molar-refractivity contribution >= 4 is 5.91 Å². The summed E-state index contributed by atoms with van der Waals surface area (Å²) in [5.74, 6) is 2.56. The maximum Gasteiger partial charge on any atom is 0.232 e. The number of carbonyl (C=O) groups is 1. The standard InChI is InChI=1S/C21H19NO3/c1-13-11-12-17(24-13)14(2)22-21(23)20-15-7-3-5-9-18(15)25-19-10-6-4-8-16(19)20/h3-12,14,20H,1-2H3,(H,22,23). The van der Waals surface area contributed by atoms with Gasteiger partial charge in [0, 0.05) is 11.1 Å². The first kappa shape index (κ1) is 15.5. The second kappa shape index (κ2) is 6.13. The van der Waals surface area contributed by atoms with Gasteiger partial charge in [0.15, 0.2) is 0 Å². The molecule has 1 aromatic heterocycles. The number of para-hydroxylation sites is 2. The molecule has 0 radical (unpaired) electrons. The van der Waals surface area contributed by atoms with Crippen LogP contribution in [0, 0.1) is 6.92 Å². The molecular formula is C21H19NO3. The number of hydrogen-bond donors (Lipinski definition) is 1. The zero-order chi connectivity index (χ0) is 17.4. The lowest BCUT2D eigenvalue weighted by Crippen LogP contribution is -2.33. The number of furan rings is 1. The van der Waals surface area contributed by atoms with E-state index in [0.29, 0.717) is 0 Å². The summed E-state index contributed by atoms with van der Waals surface area (Å²) < 4.78 is 11.6. The molecule has 1 unspecified atom stereocenters. The average molecular weight is 333 g/mol. The van der Waals surface area contributed by atoms with Gasteiger partial charge in [0.25, 0.3) is 0 Å². The van der Waals surface area contributed by atoms with E-state index in [1.807, 2.05) is 74.5 Å². The van der Waals surface area contributed by atoms with Crippen molar-refractivity contribution in [1.29, 1.82) is 0 Å². The van der Waals surface area contributed by atoms with Crippen molar-refractivity contribution in [3.63, 3.8) is 0 Å². The molecule has 4 heteroatoms. The van der Waals surface area contributed by atoms with Gasteiger partial charge in [0.1, 0.15) is 23.0 Å². The van der Waals surface area contributed by atoms with Crippen LogP contribution in [0.1, 0.15) is 41.5 Å². The Morgan fingerprint density at radius 1 is 0.960 bits per heavy atom. The molecule has 1 atom stereocenters. The van der Waals surface area contributed by atoms with Crippen LogP contribution < -0.4 is 10.1 Å². The van der Waals surface area contributed by atoms with Crippen LogP contribution in [0.3, 0.4) is 0 Å². The summed E-state index contributed by atoms with van der Waals surface area (Å²) in [7, 11) is 0. The first-order chi connectivity index (χ1) is 12.1. The summed E-state index contributed by atoms with van der Waals surface area (Å²) >= 11 is 0. The van der Waals surface area contributed by atoms with Gasteiger partial charge in [-0.25, -0.2) is 0 Å². The fourth-order valence-electron chi connectivity index (χ4n) is 3.25. The zero-order valence-corrected chi connectivity index (χ0v) is 14.2. The van der Waals surface area contributed by atoms with Crippen molar-refractivity contribution in [3.8, 4) is 11.5 Å². The lowest BCUT2D eigenvalue weighted by Gasteiger charge is -2.28. The van der Waals surface area contributed by atoms with Crippen molar-refractivity contribution < 1.29 is 13.9 Å². The van der Waals surface area contributed by atoms with Gasteiger partial charge in [-0.3, -0.25) is 4.79 Å². The molecule has 1 N–H and O–H groups in total. The molecule has 25 heavy (non-hydrogen) atoms. The minimum Gasteiger partial charge on any atom is -0.464 e. The molecule has 0 saturated heterocycles. The van der Waals surface area contributed by atoms with Gasteiger partial charge in [-0.15, -0.1) is 0 Å². The quantitative estimate of drug-likeness (QED) is 0.755. The number of nitrogens with one attached hydrogen (secondary N) is 1. The molecule has 1 amide bonds. The van der Waals surface area contributed by atoms with E-state index in [0.717, 1.165) is 34.1 Å². The molecule has 0 spiro atoms. The van der Waals surface area contributed by atoms with E-state index in [1.54, 1.807) is 0 Å². The van der Waals surface area contributed by atoms with Crippen LogP contribution in [-0.2, 0) is 4.79 Å². The lowest BCUT2D eigenvalue weighted by molar-refractivity contribution is -0.122. The second-order valence-corrected chi connectivity index (χ2v) is 6.29. The van der Waals surface area contributed by atoms with E-state index in [-0.39, 0.29) is 11.9 Å². The van der Waals surface area contributed by atoms with E-state index < -0.39 is 5.92 Å². The number of aryl methyl sites for hydroxylation is 1. The van der Waals surface area contributed by atoms with Crippen LogP contribution in [0.25, 0.3) is 0 Å². The molecule has 4 nitrogen and oxygen atoms in total. The normalized spacial score (nSPS) is 14.2. The summed E-state index contributed by atoms with van der Waals surface area (Å²) in [6.07, 6.45) is 0. The predicted molar refractivity (Wildman–Crippen MR) is 94.8 cm³/mol. The number of hydrogen-bond acceptors (Lipinski definition) is 3. The van der Waals surface area contributed by atoms with Gasteiger partial charge in [-0.2, -0.15) is 0 Å². The Balaban J connectivity index is 1.68. The van der Waals surface area contributed by atoms with Crippen molar-refractivity contribution in [3.05, 3.63) is 83.3 Å². The van der Waals surface area contributed by atoms with Crippen LogP contribution in [-0.4, -0.2) is 5.91 Å². The average Bonchev–Trinajstić information content (AvgIpc) is 3.06. The molecule has 126 valence electrons. The first-order valence-corrected chi connectivity index (χ1v) is 8.36. The maximum absolute atomic E-state index is 13.1. The highest BCUT2D eigenvalue weighted by molar-refractivity contribution is 5.89. The molecule has 0 bridgehead atoms. The maximum atomic E-state index is 13.1. The molecule has 2 heterocycles. The van der Waals surface area contributed by atoms with E-state index in [4.69, 9.17) is 9.15 Å². The minimum atomic E-state index is -0.403. The SMILES string of the molecule is Cc1ccc(C(C)NC(=O)C2c3ccccc3Oc3ccccc32)o1. The van der Waals surface area contributed by atoms with E-state index in [9.17, 15) is 4.79 Å². The monoisotopic (exact) mass is 333 g/mol. The smallest absolute Gasteiger partial charge is 0.232 e. The summed E-state index contributed by atoms with van der Waals surface area (Å²) in [4.78, 5) is 13.1. The third-order valence-electron chi connectivity index (χ3n) is 4.49. The third-order valence-corrected chi connectivity index (χ3v) is 4.49. The summed E-state index contributed by atoms with van der Waals surface area (Å²) in [5.41, 5.74) is 1.75. The van der Waals surface area contributed by atoms with Gasteiger partial charge in [-0.05, 0) is 38.1 Å². The molecular weight excluding hydrogens is 314 g/mol. The highest BCUT2D eigenvalue weighted by Gasteiger charge is 2.33. The highest BCUT2D eigenvalue weighted by Crippen LogP contribution is 2.44. The molecule has 0 aliphatic carbocycles. The van der Waals surface area contributed by atoms with Crippen LogP contribution in [0.5, 0.6) is 11.5 Å². The van der Waals surface area contributed by atoms with Gasteiger partial charge in [0.05, 0.1) is 12.0 Å². The molecule has 4 rings (SSSR count). The van der Waals surface area contributed by atoms with Crippen LogP contribution >= 0.6 is 0 Å². The van der Waals surface area contributed by atoms with Crippen LogP contribution in [0.4, 0.5) is 0 Å². The lowest BCUT2D eigenvalue weighted by atomic mass is 9.87. The van der Waals surface area contributed by atoms with E-state index >= 15 is 0 Å². The Bertz CT molecular complexity index is 883. The van der Waals surface area contributed by atoms with Crippen molar-refractivity contribution in [2.45, 2.75) is 25.8 Å². The van der Waals surface area contributed by atoms with E-state index in [2.05, 4.69) is 5.32 Å². The second-order valence-electron chi connectivity index (χ2n) is 6.29. The Kier molecular flexibility index (Phi) is 3.80. The molecule has 1 aliphatic rings. The molecule has 0 fully saturated rings.